The van der Waals surface area contributed by atoms with Crippen molar-refractivity contribution in [3.8, 4) is 0 Å². The van der Waals surface area contributed by atoms with Crippen molar-refractivity contribution in [3.05, 3.63) is 58.9 Å². The van der Waals surface area contributed by atoms with Crippen molar-refractivity contribution in [1.82, 2.24) is 4.98 Å². The molecule has 168 valence electrons. The van der Waals surface area contributed by atoms with Crippen LogP contribution in [0.2, 0.25) is 0 Å². The van der Waals surface area contributed by atoms with Crippen molar-refractivity contribution in [2.45, 2.75) is 30.9 Å². The lowest BCUT2D eigenvalue weighted by Gasteiger charge is -2.32. The zero-order chi connectivity index (χ0) is 23.2. The largest absolute Gasteiger partial charge is 0.478 e. The Morgan fingerprint density at radius 1 is 1.31 bits per heavy atom. The third-order valence-electron chi connectivity index (χ3n) is 5.42. The molecule has 1 aliphatic carbocycles. The predicted molar refractivity (Wildman–Crippen MR) is 103 cm³/mol. The van der Waals surface area contributed by atoms with E-state index in [1.807, 2.05) is 0 Å². The molecule has 2 aliphatic rings. The maximum Gasteiger partial charge on any atom is 0.337 e. The van der Waals surface area contributed by atoms with Gasteiger partial charge in [-0.1, -0.05) is 0 Å². The lowest BCUT2D eigenvalue weighted by atomic mass is 9.85. The van der Waals surface area contributed by atoms with E-state index in [4.69, 9.17) is 15.6 Å². The number of halogens is 4. The lowest BCUT2D eigenvalue weighted by Crippen LogP contribution is -2.47. The SMILES string of the molecule is NC1=N[C@@](Cc2cc(NC(=O)c3ccc(C(=O)O)cn3)cc(F)c2F)(C(F)F)[C@@H]2C[C@@H]2O1. The molecule has 32 heavy (non-hydrogen) atoms. The van der Waals surface area contributed by atoms with Gasteiger partial charge in [0.1, 0.15) is 17.3 Å². The van der Waals surface area contributed by atoms with Gasteiger partial charge in [0.25, 0.3) is 18.4 Å². The van der Waals surface area contributed by atoms with E-state index in [9.17, 15) is 27.2 Å². The summed E-state index contributed by atoms with van der Waals surface area (Å²) < 4.78 is 61.8. The maximum absolute atomic E-state index is 14.5. The molecular weight excluding hydrogens is 436 g/mol. The maximum atomic E-state index is 14.5. The number of amides is 1. The number of hydrogen-bond acceptors (Lipinski definition) is 6. The zero-order valence-corrected chi connectivity index (χ0v) is 16.2. The highest BCUT2D eigenvalue weighted by Gasteiger charge is 2.62. The second-order valence-corrected chi connectivity index (χ2v) is 7.54. The van der Waals surface area contributed by atoms with Gasteiger partial charge in [-0.3, -0.25) is 9.78 Å². The molecule has 3 atom stereocenters. The Balaban J connectivity index is 1.61. The molecule has 0 unspecified atom stereocenters. The van der Waals surface area contributed by atoms with Gasteiger partial charge in [-0.05, 0) is 30.2 Å². The number of nitrogens with zero attached hydrogens (tertiary/aromatic N) is 2. The predicted octanol–water partition coefficient (Wildman–Crippen LogP) is 2.59. The Morgan fingerprint density at radius 2 is 2.06 bits per heavy atom. The standard InChI is InChI=1S/C20H16F4N4O4/c21-12-4-10(27-16(29)13-2-1-8(7-26-13)17(30)31)3-9(15(12)22)6-20(18(23)24)11-5-14(11)32-19(25)28-20/h1-4,7,11,14,18H,5-6H2,(H2,25,28)(H,27,29)(H,30,31)/t11-,14+,20-/m1/s1. The number of benzene rings is 1. The molecule has 12 heteroatoms. The summed E-state index contributed by atoms with van der Waals surface area (Å²) in [6.45, 7) is 0. The fraction of sp³-hybridized carbons (Fsp3) is 0.300. The van der Waals surface area contributed by atoms with E-state index in [0.29, 0.717) is 6.07 Å². The fourth-order valence-corrected chi connectivity index (χ4v) is 3.76. The number of amidine groups is 1. The number of alkyl halides is 2. The van der Waals surface area contributed by atoms with Crippen LogP contribution >= 0.6 is 0 Å². The van der Waals surface area contributed by atoms with Crippen molar-refractivity contribution >= 4 is 23.6 Å². The summed E-state index contributed by atoms with van der Waals surface area (Å²) >= 11 is 0. The summed E-state index contributed by atoms with van der Waals surface area (Å²) in [7, 11) is 0. The number of aromatic nitrogens is 1. The van der Waals surface area contributed by atoms with Crippen molar-refractivity contribution in [2.24, 2.45) is 16.6 Å². The van der Waals surface area contributed by atoms with Gasteiger partial charge < -0.3 is 20.9 Å². The molecule has 4 N–H and O–H groups in total. The fourth-order valence-electron chi connectivity index (χ4n) is 3.76. The summed E-state index contributed by atoms with van der Waals surface area (Å²) in [5.74, 6) is -5.47. The smallest absolute Gasteiger partial charge is 0.337 e. The van der Waals surface area contributed by atoms with E-state index >= 15 is 0 Å². The molecule has 0 bridgehead atoms. The molecule has 0 saturated heterocycles. The van der Waals surface area contributed by atoms with Crippen molar-refractivity contribution < 1.29 is 37.0 Å². The number of hydrogen-bond donors (Lipinski definition) is 3. The molecule has 1 saturated carbocycles. The van der Waals surface area contributed by atoms with Crippen LogP contribution in [0.3, 0.4) is 0 Å². The van der Waals surface area contributed by atoms with Crippen molar-refractivity contribution in [2.75, 3.05) is 5.32 Å². The van der Waals surface area contributed by atoms with Crippen LogP contribution in [0, 0.1) is 17.6 Å². The molecule has 8 nitrogen and oxygen atoms in total. The molecule has 0 spiro atoms. The highest BCUT2D eigenvalue weighted by Crippen LogP contribution is 2.51. The Labute approximate surface area is 178 Å². The number of aromatic carboxylic acids is 1. The van der Waals surface area contributed by atoms with Crippen molar-refractivity contribution in [3.63, 3.8) is 0 Å². The quantitative estimate of drug-likeness (QED) is 0.579. The van der Waals surface area contributed by atoms with E-state index < -0.39 is 65.5 Å². The number of carbonyl (C=O) groups is 2. The van der Waals surface area contributed by atoms with E-state index in [0.717, 1.165) is 24.4 Å². The van der Waals surface area contributed by atoms with E-state index in [1.54, 1.807) is 0 Å². The number of nitrogens with two attached hydrogens (primary N) is 1. The summed E-state index contributed by atoms with van der Waals surface area (Å²) in [6.07, 6.45) is -3.02. The average Bonchev–Trinajstić information content (AvgIpc) is 3.51. The normalized spacial score (nSPS) is 23.7. The second kappa shape index (κ2) is 7.77. The number of carbonyl (C=O) groups excluding carboxylic acids is 1. The number of anilines is 1. The van der Waals surface area contributed by atoms with Crippen molar-refractivity contribution in [1.29, 1.82) is 0 Å². The molecule has 0 radical (unpaired) electrons. The van der Waals surface area contributed by atoms with Gasteiger partial charge in [0.15, 0.2) is 11.6 Å². The Morgan fingerprint density at radius 3 is 2.69 bits per heavy atom. The number of rotatable bonds is 6. The minimum absolute atomic E-state index is 0.149. The topological polar surface area (TPSA) is 127 Å². The molecule has 1 aromatic carbocycles. The van der Waals surface area contributed by atoms with Gasteiger partial charge in [0.2, 0.25) is 0 Å². The van der Waals surface area contributed by atoms with Crippen LogP contribution in [0.1, 0.15) is 32.8 Å². The molecular formula is C20H16F4N4O4. The first kappa shape index (κ1) is 21.5. The van der Waals surface area contributed by atoms with E-state index in [1.165, 1.54) is 0 Å². The first-order valence-electron chi connectivity index (χ1n) is 9.39. The minimum Gasteiger partial charge on any atom is -0.478 e. The molecule has 2 aromatic rings. The highest BCUT2D eigenvalue weighted by molar-refractivity contribution is 6.03. The molecule has 1 aliphatic heterocycles. The number of carboxylic acids is 1. The number of fused-ring (bicyclic) bond motifs is 1. The van der Waals surface area contributed by atoms with E-state index in [2.05, 4.69) is 15.3 Å². The molecule has 2 heterocycles. The Hall–Kier alpha value is -3.70. The van der Waals surface area contributed by atoms with Gasteiger partial charge in [-0.2, -0.15) is 0 Å². The first-order chi connectivity index (χ1) is 15.1. The number of pyridine rings is 1. The Bertz CT molecular complexity index is 1130. The number of nitrogens with one attached hydrogen (secondary N) is 1. The average molecular weight is 452 g/mol. The summed E-state index contributed by atoms with van der Waals surface area (Å²) in [5.41, 5.74) is 2.48. The van der Waals surface area contributed by atoms with E-state index in [-0.39, 0.29) is 23.4 Å². The molecule has 1 aromatic heterocycles. The third-order valence-corrected chi connectivity index (χ3v) is 5.42. The van der Waals surface area contributed by atoms with Crippen LogP contribution in [0.25, 0.3) is 0 Å². The van der Waals surface area contributed by atoms with Gasteiger partial charge in [0.05, 0.1) is 5.56 Å². The Kier molecular flexibility index (Phi) is 5.23. The summed E-state index contributed by atoms with van der Waals surface area (Å²) in [4.78, 5) is 30.7. The van der Waals surface area contributed by atoms with Crippen LogP contribution in [0.4, 0.5) is 23.2 Å². The van der Waals surface area contributed by atoms with Crippen LogP contribution in [-0.2, 0) is 11.2 Å². The number of carboxylic acid groups (broad SMARTS) is 1. The van der Waals surface area contributed by atoms with Gasteiger partial charge in [-0.15, -0.1) is 0 Å². The number of ether oxygens (including phenoxy) is 1. The van der Waals surface area contributed by atoms with Gasteiger partial charge in [-0.25, -0.2) is 27.3 Å². The van der Waals surface area contributed by atoms with Crippen LogP contribution in [-0.4, -0.2) is 46.1 Å². The number of aliphatic imine (C=N–C) groups is 1. The summed E-state index contributed by atoms with van der Waals surface area (Å²) in [5, 5.41) is 11.2. The monoisotopic (exact) mass is 452 g/mol. The van der Waals surface area contributed by atoms with Gasteiger partial charge in [0, 0.05) is 30.3 Å². The minimum atomic E-state index is -3.02. The molecule has 4 rings (SSSR count). The third kappa shape index (κ3) is 3.83. The van der Waals surface area contributed by atoms with Crippen LogP contribution in [0.15, 0.2) is 35.5 Å². The van der Waals surface area contributed by atoms with Crippen LogP contribution < -0.4 is 11.1 Å². The lowest BCUT2D eigenvalue weighted by molar-refractivity contribution is 0.0216. The van der Waals surface area contributed by atoms with Crippen LogP contribution in [0.5, 0.6) is 0 Å². The zero-order valence-electron chi connectivity index (χ0n) is 16.2. The first-order valence-corrected chi connectivity index (χ1v) is 9.39. The molecule has 1 fully saturated rings. The molecule has 1 amide bonds. The highest BCUT2D eigenvalue weighted by atomic mass is 19.3. The summed E-state index contributed by atoms with van der Waals surface area (Å²) in [6, 6.07) is 3.57. The second-order valence-electron chi connectivity index (χ2n) is 7.54. The van der Waals surface area contributed by atoms with Gasteiger partial charge >= 0.3 is 5.97 Å².